The lowest BCUT2D eigenvalue weighted by molar-refractivity contribution is -0.138. The number of thioether (sulfide) groups is 1. The molecule has 0 radical (unpaired) electrons. The van der Waals surface area contributed by atoms with Crippen molar-refractivity contribution < 1.29 is 51.6 Å². The predicted octanol–water partition coefficient (Wildman–Crippen LogP) is 2.06. The van der Waals surface area contributed by atoms with Gasteiger partial charge in [-0.2, -0.15) is 18.2 Å². The molecule has 18 heteroatoms. The number of halogens is 3. The van der Waals surface area contributed by atoms with E-state index in [0.29, 0.717) is 0 Å². The van der Waals surface area contributed by atoms with Gasteiger partial charge in [-0.15, -0.1) is 0 Å². The highest BCUT2D eigenvalue weighted by molar-refractivity contribution is 8.13. The number of hydrogen-bond donors (Lipinski definition) is 5. The van der Waals surface area contributed by atoms with Crippen molar-refractivity contribution in [2.75, 3.05) is 31.3 Å². The molecule has 1 aliphatic rings. The van der Waals surface area contributed by atoms with Gasteiger partial charge in [0.2, 0.25) is 0 Å². The number of nitrogens with two attached hydrogens (primary N) is 1. The molecule has 1 aromatic carbocycles. The van der Waals surface area contributed by atoms with Crippen molar-refractivity contribution in [2.24, 2.45) is 5.41 Å². The van der Waals surface area contributed by atoms with Crippen LogP contribution in [-0.4, -0.2) is 73.4 Å². The Morgan fingerprint density at radius 2 is 1.95 bits per heavy atom. The summed E-state index contributed by atoms with van der Waals surface area (Å²) in [7, 11) is -4.45. The zero-order valence-corrected chi connectivity index (χ0v) is 25.2. The Morgan fingerprint density at radius 3 is 2.58 bits per heavy atom. The lowest BCUT2D eigenvalue weighted by Crippen LogP contribution is -2.46. The minimum Gasteiger partial charge on any atom is -0.395 e. The zero-order valence-electron chi connectivity index (χ0n) is 23.5. The van der Waals surface area contributed by atoms with Crippen LogP contribution in [0.15, 0.2) is 41.3 Å². The van der Waals surface area contributed by atoms with Crippen molar-refractivity contribution in [2.45, 2.75) is 57.5 Å². The van der Waals surface area contributed by atoms with Crippen molar-refractivity contribution in [3.8, 4) is 0 Å². The second-order valence-corrected chi connectivity index (χ2v) is 13.4. The minimum absolute atomic E-state index is 0.0389. The molecular formula is C25H34F3N4O9PS. The van der Waals surface area contributed by atoms with E-state index in [1.807, 2.05) is 0 Å². The molecule has 1 aromatic heterocycles. The highest BCUT2D eigenvalue weighted by Crippen LogP contribution is 2.47. The fourth-order valence-corrected chi connectivity index (χ4v) is 6.19. The van der Waals surface area contributed by atoms with Crippen LogP contribution in [0.1, 0.15) is 38.1 Å². The predicted molar refractivity (Wildman–Crippen MR) is 150 cm³/mol. The molecule has 240 valence electrons. The van der Waals surface area contributed by atoms with Crippen LogP contribution in [0.3, 0.4) is 0 Å². The SMILES string of the molecule is CC(C)(CO)C(=O)SCCOP(=O)(NCc1ccccc1C(F)(F)F)OC[C@H]1O[C@@H](n2ccc(N)nc2=O)C(C)(O)[C@H]1O. The summed E-state index contributed by atoms with van der Waals surface area (Å²) in [6, 6.07) is 5.86. The average molecular weight is 655 g/mol. The summed E-state index contributed by atoms with van der Waals surface area (Å²) >= 11 is 0.791. The van der Waals surface area contributed by atoms with Gasteiger partial charge in [0.15, 0.2) is 11.3 Å². The van der Waals surface area contributed by atoms with Crippen LogP contribution in [0.4, 0.5) is 19.0 Å². The van der Waals surface area contributed by atoms with Gasteiger partial charge in [-0.1, -0.05) is 30.0 Å². The molecule has 0 amide bonds. The van der Waals surface area contributed by atoms with Gasteiger partial charge < -0.3 is 25.8 Å². The van der Waals surface area contributed by atoms with Gasteiger partial charge in [0.25, 0.3) is 0 Å². The number of rotatable bonds is 13. The van der Waals surface area contributed by atoms with E-state index in [1.54, 1.807) is 0 Å². The second kappa shape index (κ2) is 13.7. The number of carbonyl (C=O) groups excluding carboxylic acids is 1. The maximum absolute atomic E-state index is 13.7. The van der Waals surface area contributed by atoms with Crippen molar-refractivity contribution in [1.29, 1.82) is 0 Å². The molecule has 2 unspecified atom stereocenters. The van der Waals surface area contributed by atoms with Gasteiger partial charge in [0.1, 0.15) is 23.6 Å². The first-order valence-electron chi connectivity index (χ1n) is 12.9. The monoisotopic (exact) mass is 654 g/mol. The quantitative estimate of drug-likeness (QED) is 0.156. The fraction of sp³-hybridized carbons (Fsp3) is 0.560. The molecule has 2 heterocycles. The molecule has 1 saturated heterocycles. The fourth-order valence-electron chi connectivity index (χ4n) is 3.97. The molecule has 0 saturated carbocycles. The molecule has 43 heavy (non-hydrogen) atoms. The molecule has 3 rings (SSSR count). The smallest absolute Gasteiger partial charge is 0.395 e. The van der Waals surface area contributed by atoms with Gasteiger partial charge >= 0.3 is 19.6 Å². The molecule has 6 N–H and O–H groups in total. The van der Waals surface area contributed by atoms with Gasteiger partial charge in [-0.3, -0.25) is 18.4 Å². The Hall–Kier alpha value is -2.34. The molecule has 2 aromatic rings. The summed E-state index contributed by atoms with van der Waals surface area (Å²) in [4.78, 5) is 28.1. The topological polar surface area (TPSA) is 195 Å². The Labute approximate surface area is 249 Å². The number of aliphatic hydroxyl groups excluding tert-OH is 2. The normalized spacial score (nSPS) is 24.2. The van der Waals surface area contributed by atoms with Gasteiger partial charge in [-0.25, -0.2) is 14.4 Å². The molecule has 5 atom stereocenters. The van der Waals surface area contributed by atoms with E-state index in [0.717, 1.165) is 22.4 Å². The molecular weight excluding hydrogens is 620 g/mol. The summed E-state index contributed by atoms with van der Waals surface area (Å²) in [6.45, 7) is 2.19. The lowest BCUT2D eigenvalue weighted by Gasteiger charge is -2.27. The Bertz CT molecular complexity index is 1390. The van der Waals surface area contributed by atoms with Crippen molar-refractivity contribution in [3.63, 3.8) is 0 Å². The third-order valence-corrected chi connectivity index (χ3v) is 9.32. The number of nitrogens with zero attached hydrogens (tertiary/aromatic N) is 2. The third-order valence-electron chi connectivity index (χ3n) is 6.58. The van der Waals surface area contributed by atoms with Crippen LogP contribution in [0.2, 0.25) is 0 Å². The first-order chi connectivity index (χ1) is 19.9. The third kappa shape index (κ3) is 8.65. The van der Waals surface area contributed by atoms with Crippen LogP contribution in [-0.2, 0) is 35.9 Å². The van der Waals surface area contributed by atoms with E-state index >= 15 is 0 Å². The Balaban J connectivity index is 1.76. The standard InChI is InChI=1S/C25H34F3N4O9PS/c1-23(2,14-33)21(35)43-11-10-39-42(38,30-12-15-6-4-5-7-16(15)25(26,27)28)40-13-17-19(34)24(3,37)20(41-17)32-9-8-18(29)31-22(32)36/h4-9,17,19-20,33-34,37H,10-14H2,1-3H3,(H,30,38)(H2,29,31,36)/t17-,19+,20-,24?,42?/m1/s1. The maximum atomic E-state index is 13.7. The molecule has 1 aliphatic heterocycles. The number of alkyl halides is 3. The van der Waals surface area contributed by atoms with Crippen LogP contribution >= 0.6 is 19.5 Å². The van der Waals surface area contributed by atoms with Crippen molar-refractivity contribution >= 4 is 30.4 Å². The highest BCUT2D eigenvalue weighted by atomic mass is 32.2. The first-order valence-corrected chi connectivity index (χ1v) is 15.4. The number of anilines is 1. The van der Waals surface area contributed by atoms with Gasteiger partial charge in [0, 0.05) is 18.5 Å². The Kier molecular flexibility index (Phi) is 11.2. The molecule has 0 spiro atoms. The van der Waals surface area contributed by atoms with E-state index in [2.05, 4.69) is 10.1 Å². The van der Waals surface area contributed by atoms with Crippen LogP contribution in [0.25, 0.3) is 0 Å². The van der Waals surface area contributed by atoms with E-state index in [1.165, 1.54) is 51.2 Å². The van der Waals surface area contributed by atoms with Gasteiger partial charge in [0.05, 0.1) is 30.8 Å². The number of hydrogen-bond acceptors (Lipinski definition) is 12. The summed E-state index contributed by atoms with van der Waals surface area (Å²) in [6.07, 6.45) is -8.02. The largest absolute Gasteiger partial charge is 0.416 e. The maximum Gasteiger partial charge on any atom is 0.416 e. The number of nitrogens with one attached hydrogen (secondary N) is 1. The van der Waals surface area contributed by atoms with E-state index < -0.39 is 74.4 Å². The van der Waals surface area contributed by atoms with Crippen molar-refractivity contribution in [3.05, 3.63) is 58.1 Å². The molecule has 0 aliphatic carbocycles. The van der Waals surface area contributed by atoms with E-state index in [9.17, 15) is 42.6 Å². The molecule has 13 nitrogen and oxygen atoms in total. The Morgan fingerprint density at radius 1 is 1.28 bits per heavy atom. The van der Waals surface area contributed by atoms with E-state index in [-0.39, 0.29) is 28.9 Å². The lowest BCUT2D eigenvalue weighted by atomic mass is 9.96. The second-order valence-electron chi connectivity index (χ2n) is 10.5. The summed E-state index contributed by atoms with van der Waals surface area (Å²) < 4.78 is 71.5. The van der Waals surface area contributed by atoms with Crippen molar-refractivity contribution in [1.82, 2.24) is 14.6 Å². The highest BCUT2D eigenvalue weighted by Gasteiger charge is 2.54. The zero-order chi connectivity index (χ0) is 32.2. The minimum atomic E-state index is -4.70. The van der Waals surface area contributed by atoms with Crippen LogP contribution < -0.4 is 16.5 Å². The number of nitrogen functional groups attached to an aromatic ring is 1. The first kappa shape index (κ1) is 35.1. The number of aromatic nitrogens is 2. The average Bonchev–Trinajstić information content (AvgIpc) is 3.16. The summed E-state index contributed by atoms with van der Waals surface area (Å²) in [5.41, 5.74) is 0.282. The summed E-state index contributed by atoms with van der Waals surface area (Å²) in [5, 5.41) is 33.0. The number of benzene rings is 1. The van der Waals surface area contributed by atoms with E-state index in [4.69, 9.17) is 19.5 Å². The summed E-state index contributed by atoms with van der Waals surface area (Å²) in [5.74, 6) is -0.126. The van der Waals surface area contributed by atoms with Crippen LogP contribution in [0.5, 0.6) is 0 Å². The van der Waals surface area contributed by atoms with Crippen LogP contribution in [0, 0.1) is 5.41 Å². The number of ether oxygens (including phenoxy) is 1. The molecule has 1 fully saturated rings. The van der Waals surface area contributed by atoms with Gasteiger partial charge in [-0.05, 0) is 38.5 Å². The number of carbonyl (C=O) groups is 1. The molecule has 0 bridgehead atoms. The number of aliphatic hydroxyl groups is 3.